The lowest BCUT2D eigenvalue weighted by molar-refractivity contribution is 0.628. The van der Waals surface area contributed by atoms with Crippen LogP contribution in [0.4, 0.5) is 5.82 Å². The lowest BCUT2D eigenvalue weighted by Crippen LogP contribution is -2.02. The van der Waals surface area contributed by atoms with Crippen LogP contribution in [0.15, 0.2) is 34.7 Å². The first-order valence-corrected chi connectivity index (χ1v) is 6.82. The summed E-state index contributed by atoms with van der Waals surface area (Å²) < 4.78 is 5.82. The summed E-state index contributed by atoms with van der Waals surface area (Å²) in [5, 5.41) is 4.85. The van der Waals surface area contributed by atoms with Crippen molar-refractivity contribution in [2.45, 2.75) is 13.8 Å². The van der Waals surface area contributed by atoms with Crippen molar-refractivity contribution in [1.82, 2.24) is 9.97 Å². The van der Waals surface area contributed by atoms with Gasteiger partial charge in [-0.3, -0.25) is 0 Å². The van der Waals surface area contributed by atoms with Crippen molar-refractivity contribution in [2.24, 2.45) is 0 Å². The zero-order chi connectivity index (χ0) is 14.1. The van der Waals surface area contributed by atoms with Gasteiger partial charge in [-0.1, -0.05) is 11.6 Å². The molecular weight excluding hydrogens is 274 g/mol. The van der Waals surface area contributed by atoms with Crippen LogP contribution < -0.4 is 5.32 Å². The van der Waals surface area contributed by atoms with Crippen LogP contribution in [-0.4, -0.2) is 16.5 Å². The number of rotatable bonds is 3. The number of furan rings is 1. The molecule has 1 aromatic carbocycles. The minimum Gasteiger partial charge on any atom is -0.454 e. The number of aromatic nitrogens is 2. The van der Waals surface area contributed by atoms with Crippen molar-refractivity contribution in [3.05, 3.63) is 41.2 Å². The first-order valence-electron chi connectivity index (χ1n) is 6.45. The Bertz CT molecular complexity index is 767. The predicted molar refractivity (Wildman–Crippen MR) is 81.2 cm³/mol. The van der Waals surface area contributed by atoms with Gasteiger partial charge in [0.1, 0.15) is 22.9 Å². The molecule has 102 valence electrons. The number of fused-ring (bicyclic) bond motifs is 1. The molecule has 4 nitrogen and oxygen atoms in total. The minimum atomic E-state index is 0.692. The monoisotopic (exact) mass is 287 g/mol. The number of aryl methyl sites for hydroxylation is 1. The van der Waals surface area contributed by atoms with E-state index in [0.717, 1.165) is 29.0 Å². The van der Waals surface area contributed by atoms with Gasteiger partial charge in [-0.15, -0.1) is 0 Å². The van der Waals surface area contributed by atoms with E-state index in [1.807, 2.05) is 44.2 Å². The molecule has 3 aromatic rings. The average Bonchev–Trinajstić information content (AvgIpc) is 2.81. The van der Waals surface area contributed by atoms with Gasteiger partial charge in [0.25, 0.3) is 0 Å². The molecule has 5 heteroatoms. The van der Waals surface area contributed by atoms with Crippen LogP contribution in [0.5, 0.6) is 0 Å². The third-order valence-corrected chi connectivity index (χ3v) is 3.16. The third-order valence-electron chi connectivity index (χ3n) is 2.93. The fourth-order valence-electron chi connectivity index (χ4n) is 2.11. The van der Waals surface area contributed by atoms with Crippen molar-refractivity contribution in [3.63, 3.8) is 0 Å². The van der Waals surface area contributed by atoms with Gasteiger partial charge in [0.15, 0.2) is 5.76 Å². The van der Waals surface area contributed by atoms with E-state index in [1.165, 1.54) is 0 Å². The van der Waals surface area contributed by atoms with Crippen LogP contribution in [-0.2, 0) is 0 Å². The van der Waals surface area contributed by atoms with E-state index in [0.29, 0.717) is 16.6 Å². The van der Waals surface area contributed by atoms with E-state index in [4.69, 9.17) is 16.0 Å². The number of halogens is 1. The number of anilines is 1. The highest BCUT2D eigenvalue weighted by Crippen LogP contribution is 2.29. The molecule has 0 aliphatic rings. The van der Waals surface area contributed by atoms with E-state index in [9.17, 15) is 0 Å². The van der Waals surface area contributed by atoms with E-state index in [2.05, 4.69) is 15.3 Å². The Morgan fingerprint density at radius 2 is 2.05 bits per heavy atom. The Hall–Kier alpha value is -2.07. The Morgan fingerprint density at radius 1 is 1.20 bits per heavy atom. The largest absolute Gasteiger partial charge is 0.454 e. The highest BCUT2D eigenvalue weighted by Gasteiger charge is 2.10. The minimum absolute atomic E-state index is 0.692. The van der Waals surface area contributed by atoms with Gasteiger partial charge < -0.3 is 9.73 Å². The zero-order valence-corrected chi connectivity index (χ0v) is 12.0. The smallest absolute Gasteiger partial charge is 0.154 e. The van der Waals surface area contributed by atoms with Gasteiger partial charge in [0.2, 0.25) is 0 Å². The molecule has 0 saturated heterocycles. The van der Waals surface area contributed by atoms with Crippen LogP contribution in [0, 0.1) is 6.92 Å². The molecule has 3 rings (SSSR count). The van der Waals surface area contributed by atoms with Crippen molar-refractivity contribution in [2.75, 3.05) is 11.9 Å². The molecule has 0 aliphatic carbocycles. The summed E-state index contributed by atoms with van der Waals surface area (Å²) in [7, 11) is 0. The number of hydrogen-bond donors (Lipinski definition) is 1. The number of hydrogen-bond acceptors (Lipinski definition) is 4. The highest BCUT2D eigenvalue weighted by molar-refractivity contribution is 6.31. The molecule has 0 radical (unpaired) electrons. The van der Waals surface area contributed by atoms with Crippen molar-refractivity contribution in [3.8, 4) is 11.5 Å². The number of nitrogens with one attached hydrogen (secondary N) is 1. The van der Waals surface area contributed by atoms with Crippen molar-refractivity contribution >= 4 is 28.4 Å². The lowest BCUT2D eigenvalue weighted by Gasteiger charge is -2.04. The quantitative estimate of drug-likeness (QED) is 0.781. The normalized spacial score (nSPS) is 10.9. The molecule has 0 atom stereocenters. The van der Waals surface area contributed by atoms with Crippen LogP contribution in [0.1, 0.15) is 12.7 Å². The summed E-state index contributed by atoms with van der Waals surface area (Å²) in [6.07, 6.45) is 0. The fourth-order valence-corrected chi connectivity index (χ4v) is 2.29. The molecule has 20 heavy (non-hydrogen) atoms. The maximum absolute atomic E-state index is 5.99. The summed E-state index contributed by atoms with van der Waals surface area (Å²) in [6, 6.07) is 9.38. The van der Waals surface area contributed by atoms with Crippen LogP contribution in [0.25, 0.3) is 22.4 Å². The van der Waals surface area contributed by atoms with E-state index in [1.54, 1.807) is 0 Å². The summed E-state index contributed by atoms with van der Waals surface area (Å²) in [5.74, 6) is 2.22. The maximum atomic E-state index is 5.99. The molecule has 0 aliphatic heterocycles. The molecule has 0 unspecified atom stereocenters. The third kappa shape index (κ3) is 2.47. The Morgan fingerprint density at radius 3 is 2.85 bits per heavy atom. The molecule has 2 aromatic heterocycles. The van der Waals surface area contributed by atoms with Gasteiger partial charge in [0, 0.05) is 23.0 Å². The zero-order valence-electron chi connectivity index (χ0n) is 11.3. The Labute approximate surface area is 121 Å². The summed E-state index contributed by atoms with van der Waals surface area (Å²) in [5.41, 5.74) is 1.56. The first-order chi connectivity index (χ1) is 9.65. The number of nitrogens with zero attached hydrogens (tertiary/aromatic N) is 2. The lowest BCUT2D eigenvalue weighted by atomic mass is 10.2. The van der Waals surface area contributed by atoms with E-state index in [-0.39, 0.29) is 0 Å². The first kappa shape index (κ1) is 12.9. The second-order valence-corrected chi connectivity index (χ2v) is 4.95. The molecule has 0 amide bonds. The molecule has 1 N–H and O–H groups in total. The second kappa shape index (κ2) is 5.13. The van der Waals surface area contributed by atoms with Gasteiger partial charge in [0.05, 0.1) is 0 Å². The Kier molecular flexibility index (Phi) is 3.32. The van der Waals surface area contributed by atoms with Crippen LogP contribution in [0.3, 0.4) is 0 Å². The van der Waals surface area contributed by atoms with E-state index >= 15 is 0 Å². The SMILES string of the molecule is CCNc1cc(-c2cc3cc(Cl)ccc3o2)nc(C)n1. The molecular formula is C15H14ClN3O. The number of benzene rings is 1. The standard InChI is InChI=1S/C15H14ClN3O/c1-3-17-15-8-12(18-9(2)19-15)14-7-10-6-11(16)4-5-13(10)20-14/h4-8H,3H2,1-2H3,(H,17,18,19). The Balaban J connectivity index is 2.10. The summed E-state index contributed by atoms with van der Waals surface area (Å²) in [6.45, 7) is 4.70. The van der Waals surface area contributed by atoms with Crippen LogP contribution >= 0.6 is 11.6 Å². The predicted octanol–water partition coefficient (Wildman–Crippen LogP) is 4.28. The molecule has 0 saturated carbocycles. The van der Waals surface area contributed by atoms with Gasteiger partial charge >= 0.3 is 0 Å². The maximum Gasteiger partial charge on any atom is 0.154 e. The molecule has 0 bridgehead atoms. The summed E-state index contributed by atoms with van der Waals surface area (Å²) in [4.78, 5) is 8.76. The topological polar surface area (TPSA) is 51.0 Å². The van der Waals surface area contributed by atoms with Crippen molar-refractivity contribution < 1.29 is 4.42 Å². The van der Waals surface area contributed by atoms with Crippen molar-refractivity contribution in [1.29, 1.82) is 0 Å². The molecule has 0 fully saturated rings. The van der Waals surface area contributed by atoms with Gasteiger partial charge in [-0.2, -0.15) is 0 Å². The van der Waals surface area contributed by atoms with Gasteiger partial charge in [-0.05, 0) is 38.1 Å². The molecule has 0 spiro atoms. The average molecular weight is 288 g/mol. The molecule has 2 heterocycles. The second-order valence-electron chi connectivity index (χ2n) is 4.51. The fraction of sp³-hybridized carbons (Fsp3) is 0.200. The van der Waals surface area contributed by atoms with E-state index < -0.39 is 0 Å². The van der Waals surface area contributed by atoms with Crippen LogP contribution in [0.2, 0.25) is 5.02 Å². The summed E-state index contributed by atoms with van der Waals surface area (Å²) >= 11 is 5.99. The van der Waals surface area contributed by atoms with Gasteiger partial charge in [-0.25, -0.2) is 9.97 Å². The highest BCUT2D eigenvalue weighted by atomic mass is 35.5.